The average molecular weight is 262 g/mol. The SMILES string of the molecule is Cc1c(CS(=O)(=O)O)cccc1-c1ccccc1. The van der Waals surface area contributed by atoms with Crippen LogP contribution < -0.4 is 0 Å². The Hall–Kier alpha value is -1.65. The summed E-state index contributed by atoms with van der Waals surface area (Å²) in [5.41, 5.74) is 3.52. The lowest BCUT2D eigenvalue weighted by Crippen LogP contribution is -2.03. The fourth-order valence-electron chi connectivity index (χ4n) is 1.97. The van der Waals surface area contributed by atoms with Crippen LogP contribution in [0.4, 0.5) is 0 Å². The van der Waals surface area contributed by atoms with Crippen molar-refractivity contribution >= 4 is 10.1 Å². The first kappa shape index (κ1) is 12.8. The van der Waals surface area contributed by atoms with Gasteiger partial charge in [-0.2, -0.15) is 8.42 Å². The highest BCUT2D eigenvalue weighted by Crippen LogP contribution is 2.26. The summed E-state index contributed by atoms with van der Waals surface area (Å²) in [6.07, 6.45) is 0. The van der Waals surface area contributed by atoms with Crippen molar-refractivity contribution in [2.24, 2.45) is 0 Å². The Kier molecular flexibility index (Phi) is 3.50. The molecule has 4 heteroatoms. The molecule has 0 radical (unpaired) electrons. The first-order valence-electron chi connectivity index (χ1n) is 5.56. The molecule has 3 nitrogen and oxygen atoms in total. The van der Waals surface area contributed by atoms with E-state index < -0.39 is 10.1 Å². The van der Waals surface area contributed by atoms with Crippen molar-refractivity contribution in [2.45, 2.75) is 12.7 Å². The molecule has 0 saturated heterocycles. The van der Waals surface area contributed by atoms with Crippen molar-refractivity contribution in [3.05, 3.63) is 59.7 Å². The van der Waals surface area contributed by atoms with Gasteiger partial charge in [0.1, 0.15) is 5.75 Å². The van der Waals surface area contributed by atoms with Crippen LogP contribution in [-0.2, 0) is 15.9 Å². The van der Waals surface area contributed by atoms with E-state index >= 15 is 0 Å². The Morgan fingerprint density at radius 3 is 2.28 bits per heavy atom. The van der Waals surface area contributed by atoms with Gasteiger partial charge in [0.2, 0.25) is 0 Å². The van der Waals surface area contributed by atoms with E-state index in [-0.39, 0.29) is 5.75 Å². The maximum atomic E-state index is 11.0. The van der Waals surface area contributed by atoms with E-state index in [1.165, 1.54) is 0 Å². The van der Waals surface area contributed by atoms with Crippen LogP contribution in [0.5, 0.6) is 0 Å². The minimum Gasteiger partial charge on any atom is -0.285 e. The summed E-state index contributed by atoms with van der Waals surface area (Å²) in [6.45, 7) is 1.86. The normalized spacial score (nSPS) is 11.4. The lowest BCUT2D eigenvalue weighted by atomic mass is 9.97. The van der Waals surface area contributed by atoms with Crippen LogP contribution in [0.25, 0.3) is 11.1 Å². The fourth-order valence-corrected chi connectivity index (χ4v) is 2.67. The van der Waals surface area contributed by atoms with Gasteiger partial charge in [-0.3, -0.25) is 4.55 Å². The number of hydrogen-bond donors (Lipinski definition) is 1. The topological polar surface area (TPSA) is 54.4 Å². The zero-order chi connectivity index (χ0) is 13.2. The standard InChI is InChI=1S/C14H14O3S/c1-11-13(10-18(15,16)17)8-5-9-14(11)12-6-3-2-4-7-12/h2-9H,10H2,1H3,(H,15,16,17). The molecule has 94 valence electrons. The molecule has 0 aromatic heterocycles. The molecule has 0 aliphatic heterocycles. The van der Waals surface area contributed by atoms with Gasteiger partial charge in [0.05, 0.1) is 0 Å². The largest absolute Gasteiger partial charge is 0.285 e. The predicted octanol–water partition coefficient (Wildman–Crippen LogP) is 3.05. The first-order valence-corrected chi connectivity index (χ1v) is 7.17. The smallest absolute Gasteiger partial charge is 0.269 e. The Labute approximate surface area is 107 Å². The summed E-state index contributed by atoms with van der Waals surface area (Å²) in [5.74, 6) is -0.348. The summed E-state index contributed by atoms with van der Waals surface area (Å²) >= 11 is 0. The number of rotatable bonds is 3. The van der Waals surface area contributed by atoms with Gasteiger partial charge in [0, 0.05) is 0 Å². The zero-order valence-electron chi connectivity index (χ0n) is 10.00. The predicted molar refractivity (Wildman–Crippen MR) is 71.9 cm³/mol. The molecule has 0 spiro atoms. The molecule has 0 saturated carbocycles. The molecule has 2 aromatic rings. The minimum atomic E-state index is -4.00. The Morgan fingerprint density at radius 1 is 1.00 bits per heavy atom. The van der Waals surface area contributed by atoms with E-state index in [0.29, 0.717) is 5.56 Å². The van der Waals surface area contributed by atoms with Gasteiger partial charge < -0.3 is 0 Å². The van der Waals surface area contributed by atoms with Crippen LogP contribution in [0.15, 0.2) is 48.5 Å². The molecule has 0 aliphatic rings. The maximum absolute atomic E-state index is 11.0. The second-order valence-corrected chi connectivity index (χ2v) is 5.63. The van der Waals surface area contributed by atoms with Crippen LogP contribution in [0.2, 0.25) is 0 Å². The van der Waals surface area contributed by atoms with Crippen LogP contribution in [-0.4, -0.2) is 13.0 Å². The lowest BCUT2D eigenvalue weighted by molar-refractivity contribution is 0.482. The van der Waals surface area contributed by atoms with E-state index in [9.17, 15) is 8.42 Å². The first-order chi connectivity index (χ1) is 8.47. The molecule has 0 amide bonds. The average Bonchev–Trinajstić information content (AvgIpc) is 2.31. The highest BCUT2D eigenvalue weighted by Gasteiger charge is 2.11. The third-order valence-corrected chi connectivity index (χ3v) is 3.54. The lowest BCUT2D eigenvalue weighted by Gasteiger charge is -2.10. The monoisotopic (exact) mass is 262 g/mol. The van der Waals surface area contributed by atoms with Crippen LogP contribution >= 0.6 is 0 Å². The van der Waals surface area contributed by atoms with E-state index in [1.54, 1.807) is 12.1 Å². The number of hydrogen-bond acceptors (Lipinski definition) is 2. The minimum absolute atomic E-state index is 0.348. The Bertz CT molecular complexity index is 646. The molecule has 0 bridgehead atoms. The van der Waals surface area contributed by atoms with Crippen molar-refractivity contribution < 1.29 is 13.0 Å². The summed E-state index contributed by atoms with van der Waals surface area (Å²) < 4.78 is 30.8. The van der Waals surface area contributed by atoms with E-state index in [4.69, 9.17) is 4.55 Å². The van der Waals surface area contributed by atoms with E-state index in [2.05, 4.69) is 0 Å². The van der Waals surface area contributed by atoms with Crippen molar-refractivity contribution in [2.75, 3.05) is 0 Å². The highest BCUT2D eigenvalue weighted by molar-refractivity contribution is 7.85. The second-order valence-electron chi connectivity index (χ2n) is 4.18. The molecule has 0 unspecified atom stereocenters. The summed E-state index contributed by atoms with van der Waals surface area (Å²) in [4.78, 5) is 0. The quantitative estimate of drug-likeness (QED) is 0.865. The molecule has 0 fully saturated rings. The van der Waals surface area contributed by atoms with E-state index in [1.807, 2.05) is 43.3 Å². The second kappa shape index (κ2) is 4.92. The van der Waals surface area contributed by atoms with Crippen molar-refractivity contribution in [3.8, 4) is 11.1 Å². The van der Waals surface area contributed by atoms with Crippen molar-refractivity contribution in [1.29, 1.82) is 0 Å². The molecule has 0 aliphatic carbocycles. The molecular formula is C14H14O3S. The summed E-state index contributed by atoms with van der Waals surface area (Å²) in [5, 5.41) is 0. The van der Waals surface area contributed by atoms with Gasteiger partial charge in [-0.25, -0.2) is 0 Å². The maximum Gasteiger partial charge on any atom is 0.269 e. The van der Waals surface area contributed by atoms with E-state index in [0.717, 1.165) is 16.7 Å². The molecule has 1 N–H and O–H groups in total. The molecular weight excluding hydrogens is 248 g/mol. The highest BCUT2D eigenvalue weighted by atomic mass is 32.2. The Morgan fingerprint density at radius 2 is 1.67 bits per heavy atom. The molecule has 18 heavy (non-hydrogen) atoms. The molecule has 0 heterocycles. The third-order valence-electron chi connectivity index (χ3n) is 2.87. The molecule has 2 aromatic carbocycles. The van der Waals surface area contributed by atoms with Crippen molar-refractivity contribution in [1.82, 2.24) is 0 Å². The summed E-state index contributed by atoms with van der Waals surface area (Å²) in [7, 11) is -4.00. The summed E-state index contributed by atoms with van der Waals surface area (Å²) in [6, 6.07) is 15.2. The third kappa shape index (κ3) is 2.97. The van der Waals surface area contributed by atoms with Gasteiger partial charge >= 0.3 is 0 Å². The van der Waals surface area contributed by atoms with Gasteiger partial charge in [-0.15, -0.1) is 0 Å². The number of benzene rings is 2. The fraction of sp³-hybridized carbons (Fsp3) is 0.143. The Balaban J connectivity index is 2.49. The van der Waals surface area contributed by atoms with Crippen molar-refractivity contribution in [3.63, 3.8) is 0 Å². The van der Waals surface area contributed by atoms with Crippen LogP contribution in [0.1, 0.15) is 11.1 Å². The zero-order valence-corrected chi connectivity index (χ0v) is 10.8. The molecule has 0 atom stereocenters. The molecule has 2 rings (SSSR count). The van der Waals surface area contributed by atoms with Gasteiger partial charge in [-0.05, 0) is 29.2 Å². The van der Waals surface area contributed by atoms with Gasteiger partial charge in [-0.1, -0.05) is 48.5 Å². The van der Waals surface area contributed by atoms with Crippen LogP contribution in [0.3, 0.4) is 0 Å². The van der Waals surface area contributed by atoms with Crippen LogP contribution in [0, 0.1) is 6.92 Å². The van der Waals surface area contributed by atoms with Gasteiger partial charge in [0.25, 0.3) is 10.1 Å². The van der Waals surface area contributed by atoms with Gasteiger partial charge in [0.15, 0.2) is 0 Å².